The second-order valence-corrected chi connectivity index (χ2v) is 2.92. The maximum absolute atomic E-state index is 10.8. The minimum absolute atomic E-state index is 0.0509. The highest BCUT2D eigenvalue weighted by Gasteiger charge is 1.94. The molecule has 0 spiro atoms. The first-order valence-electron chi connectivity index (χ1n) is 6.22. The fourth-order valence-corrected chi connectivity index (χ4v) is 0.852. The van der Waals surface area contributed by atoms with Gasteiger partial charge in [-0.2, -0.15) is 0 Å². The molecule has 5 heteroatoms. The van der Waals surface area contributed by atoms with Gasteiger partial charge in [0.05, 0.1) is 33.0 Å². The predicted octanol–water partition coefficient (Wildman–Crippen LogP) is 1.22. The van der Waals surface area contributed by atoms with Crippen LogP contribution in [-0.2, 0) is 19.0 Å². The molecule has 0 aliphatic heterocycles. The minimum atomic E-state index is 0.0509. The monoisotopic (exact) mass is 249 g/mol. The third kappa shape index (κ3) is 17.9. The molecule has 0 fully saturated rings. The third-order valence-electron chi connectivity index (χ3n) is 1.69. The second-order valence-electron chi connectivity index (χ2n) is 2.92. The number of rotatable bonds is 10. The zero-order chi connectivity index (χ0) is 13.4. The fourth-order valence-electron chi connectivity index (χ4n) is 0.852. The largest absolute Gasteiger partial charge is 0.382 e. The molecule has 0 rings (SSSR count). The summed E-state index contributed by atoms with van der Waals surface area (Å²) in [6.07, 6.45) is 0.514. The van der Waals surface area contributed by atoms with Gasteiger partial charge in [0.1, 0.15) is 0 Å². The lowest BCUT2D eigenvalue weighted by Crippen LogP contribution is -2.26. The van der Waals surface area contributed by atoms with E-state index in [0.717, 1.165) is 0 Å². The van der Waals surface area contributed by atoms with Crippen LogP contribution in [-0.4, -0.2) is 52.6 Å². The van der Waals surface area contributed by atoms with E-state index in [9.17, 15) is 4.79 Å². The molecule has 17 heavy (non-hydrogen) atoms. The average molecular weight is 249 g/mol. The molecule has 0 aliphatic rings. The number of nitrogens with one attached hydrogen (secondary N) is 1. The summed E-state index contributed by atoms with van der Waals surface area (Å²) in [6, 6.07) is 0. The Balaban J connectivity index is 0. The van der Waals surface area contributed by atoms with Gasteiger partial charge in [0.2, 0.25) is 5.91 Å². The minimum Gasteiger partial charge on any atom is -0.382 e. The van der Waals surface area contributed by atoms with E-state index in [2.05, 4.69) is 5.32 Å². The normalized spacial score (nSPS) is 9.41. The first kappa shape index (κ1) is 18.7. The van der Waals surface area contributed by atoms with Crippen LogP contribution < -0.4 is 5.32 Å². The molecule has 5 nitrogen and oxygen atoms in total. The van der Waals surface area contributed by atoms with Crippen LogP contribution in [0.4, 0.5) is 0 Å². The van der Waals surface area contributed by atoms with Gasteiger partial charge in [-0.3, -0.25) is 4.79 Å². The molecular formula is C12H27NO4. The van der Waals surface area contributed by atoms with Gasteiger partial charge in [0.15, 0.2) is 0 Å². The Morgan fingerprint density at radius 2 is 1.53 bits per heavy atom. The maximum atomic E-state index is 10.8. The zero-order valence-corrected chi connectivity index (χ0v) is 11.6. The number of ether oxygens (including phenoxy) is 3. The van der Waals surface area contributed by atoms with E-state index in [-0.39, 0.29) is 5.91 Å². The van der Waals surface area contributed by atoms with E-state index < -0.39 is 0 Å². The molecule has 0 heterocycles. The molecule has 0 aromatic heterocycles. The van der Waals surface area contributed by atoms with Crippen LogP contribution in [0.15, 0.2) is 0 Å². The SMILES string of the molecule is CC.CCC(=O)NCCOCCOCCOC. The summed E-state index contributed by atoms with van der Waals surface area (Å²) < 4.78 is 15.2. The Morgan fingerprint density at radius 1 is 1.00 bits per heavy atom. The molecule has 0 saturated heterocycles. The van der Waals surface area contributed by atoms with Gasteiger partial charge >= 0.3 is 0 Å². The third-order valence-corrected chi connectivity index (χ3v) is 1.69. The summed E-state index contributed by atoms with van der Waals surface area (Å²) in [5.41, 5.74) is 0. The Hall–Kier alpha value is -0.650. The lowest BCUT2D eigenvalue weighted by molar-refractivity contribution is -0.121. The van der Waals surface area contributed by atoms with Crippen LogP contribution >= 0.6 is 0 Å². The van der Waals surface area contributed by atoms with Gasteiger partial charge in [-0.15, -0.1) is 0 Å². The van der Waals surface area contributed by atoms with Crippen molar-refractivity contribution >= 4 is 5.91 Å². The molecule has 0 radical (unpaired) electrons. The lowest BCUT2D eigenvalue weighted by Gasteiger charge is -2.06. The summed E-state index contributed by atoms with van der Waals surface area (Å²) in [4.78, 5) is 10.8. The van der Waals surface area contributed by atoms with E-state index in [4.69, 9.17) is 14.2 Å². The van der Waals surface area contributed by atoms with Gasteiger partial charge in [0.25, 0.3) is 0 Å². The molecule has 1 amide bonds. The van der Waals surface area contributed by atoms with Crippen molar-refractivity contribution in [1.82, 2.24) is 5.32 Å². The van der Waals surface area contributed by atoms with Gasteiger partial charge in [-0.25, -0.2) is 0 Å². The van der Waals surface area contributed by atoms with Gasteiger partial charge in [0, 0.05) is 20.1 Å². The summed E-state index contributed by atoms with van der Waals surface area (Å²) >= 11 is 0. The quantitative estimate of drug-likeness (QED) is 0.591. The summed E-state index contributed by atoms with van der Waals surface area (Å²) in [5.74, 6) is 0.0509. The molecule has 0 bridgehead atoms. The summed E-state index contributed by atoms with van der Waals surface area (Å²) in [5, 5.41) is 2.72. The van der Waals surface area contributed by atoms with Crippen LogP contribution in [0.3, 0.4) is 0 Å². The molecule has 0 unspecified atom stereocenters. The highest BCUT2D eigenvalue weighted by molar-refractivity contribution is 5.75. The number of carbonyl (C=O) groups is 1. The lowest BCUT2D eigenvalue weighted by atomic mass is 10.4. The van der Waals surface area contributed by atoms with Crippen molar-refractivity contribution in [3.63, 3.8) is 0 Å². The zero-order valence-electron chi connectivity index (χ0n) is 11.6. The van der Waals surface area contributed by atoms with Crippen molar-refractivity contribution in [2.24, 2.45) is 0 Å². The van der Waals surface area contributed by atoms with Crippen LogP contribution in [0.2, 0.25) is 0 Å². The van der Waals surface area contributed by atoms with Crippen molar-refractivity contribution in [2.45, 2.75) is 27.2 Å². The van der Waals surface area contributed by atoms with Gasteiger partial charge < -0.3 is 19.5 Å². The highest BCUT2D eigenvalue weighted by Crippen LogP contribution is 1.80. The van der Waals surface area contributed by atoms with Crippen molar-refractivity contribution in [1.29, 1.82) is 0 Å². The highest BCUT2D eigenvalue weighted by atomic mass is 16.5. The molecule has 0 aliphatic carbocycles. The van der Waals surface area contributed by atoms with Crippen LogP contribution in [0.5, 0.6) is 0 Å². The van der Waals surface area contributed by atoms with Crippen LogP contribution in [0.25, 0.3) is 0 Å². The van der Waals surface area contributed by atoms with Crippen molar-refractivity contribution in [3.8, 4) is 0 Å². The Morgan fingerprint density at radius 3 is 2.06 bits per heavy atom. The molecule has 0 saturated carbocycles. The summed E-state index contributed by atoms with van der Waals surface area (Å²) in [6.45, 7) is 9.21. The molecule has 1 N–H and O–H groups in total. The van der Waals surface area contributed by atoms with Crippen molar-refractivity contribution in [2.75, 3.05) is 46.7 Å². The average Bonchev–Trinajstić information content (AvgIpc) is 2.39. The molecule has 0 atom stereocenters. The molecule has 0 aromatic carbocycles. The number of methoxy groups -OCH3 is 1. The first-order chi connectivity index (χ1) is 8.31. The summed E-state index contributed by atoms with van der Waals surface area (Å²) in [7, 11) is 1.64. The standard InChI is InChI=1S/C10H21NO4.C2H6/c1-3-10(12)11-4-5-14-8-9-15-7-6-13-2;1-2/h3-9H2,1-2H3,(H,11,12);1-2H3. The van der Waals surface area contributed by atoms with E-state index in [1.165, 1.54) is 0 Å². The fraction of sp³-hybridized carbons (Fsp3) is 0.917. The Kier molecular flexibility index (Phi) is 19.5. The van der Waals surface area contributed by atoms with Crippen LogP contribution in [0, 0.1) is 0 Å². The number of hydrogen-bond acceptors (Lipinski definition) is 4. The smallest absolute Gasteiger partial charge is 0.219 e. The van der Waals surface area contributed by atoms with Crippen molar-refractivity contribution in [3.05, 3.63) is 0 Å². The maximum Gasteiger partial charge on any atom is 0.219 e. The number of hydrogen-bond donors (Lipinski definition) is 1. The Labute approximate surface area is 105 Å². The van der Waals surface area contributed by atoms with E-state index in [1.54, 1.807) is 7.11 Å². The molecule has 0 aromatic rings. The molecular weight excluding hydrogens is 222 g/mol. The molecule has 104 valence electrons. The van der Waals surface area contributed by atoms with Crippen LogP contribution in [0.1, 0.15) is 27.2 Å². The second kappa shape index (κ2) is 17.7. The van der Waals surface area contributed by atoms with Crippen molar-refractivity contribution < 1.29 is 19.0 Å². The predicted molar refractivity (Wildman–Crippen MR) is 68.2 cm³/mol. The topological polar surface area (TPSA) is 56.8 Å². The van der Waals surface area contributed by atoms with Gasteiger partial charge in [-0.1, -0.05) is 20.8 Å². The first-order valence-corrected chi connectivity index (χ1v) is 6.22. The number of amides is 1. The van der Waals surface area contributed by atoms with E-state index in [1.807, 2.05) is 20.8 Å². The van der Waals surface area contributed by atoms with E-state index >= 15 is 0 Å². The number of carbonyl (C=O) groups excluding carboxylic acids is 1. The van der Waals surface area contributed by atoms with Gasteiger partial charge in [-0.05, 0) is 0 Å². The van der Waals surface area contributed by atoms with E-state index in [0.29, 0.717) is 46.0 Å². The Bertz CT molecular complexity index is 153.